The number of rotatable bonds is 5. The summed E-state index contributed by atoms with van der Waals surface area (Å²) < 4.78 is 9.98. The van der Waals surface area contributed by atoms with Crippen molar-refractivity contribution >= 4 is 5.97 Å². The minimum Gasteiger partial charge on any atom is -0.496 e. The molecule has 0 aliphatic heterocycles. The number of ether oxygens (including phenoxy) is 2. The number of carboxylic acids is 1. The van der Waals surface area contributed by atoms with Gasteiger partial charge in [0.2, 0.25) is 0 Å². The predicted molar refractivity (Wildman–Crippen MR) is 55.1 cm³/mol. The lowest BCUT2D eigenvalue weighted by Gasteiger charge is -2.12. The largest absolute Gasteiger partial charge is 0.496 e. The van der Waals surface area contributed by atoms with E-state index in [2.05, 4.69) is 0 Å². The molecule has 0 amide bonds. The first-order valence-electron chi connectivity index (χ1n) is 4.56. The maximum Gasteiger partial charge on any atom is 0.333 e. The number of hydrogen-bond donors (Lipinski definition) is 1. The minimum atomic E-state index is -0.969. The molecule has 0 saturated heterocycles. The van der Waals surface area contributed by atoms with Gasteiger partial charge in [-0.1, -0.05) is 18.2 Å². The van der Waals surface area contributed by atoms with Crippen molar-refractivity contribution in [3.63, 3.8) is 0 Å². The average molecular weight is 210 g/mol. The zero-order chi connectivity index (χ0) is 11.3. The van der Waals surface area contributed by atoms with Crippen LogP contribution in [0.2, 0.25) is 0 Å². The lowest BCUT2D eigenvalue weighted by Crippen LogP contribution is -2.25. The van der Waals surface area contributed by atoms with E-state index in [-0.39, 0.29) is 0 Å². The molecule has 1 atom stereocenters. The van der Waals surface area contributed by atoms with Gasteiger partial charge in [0.15, 0.2) is 6.10 Å². The molecule has 1 N–H and O–H groups in total. The smallest absolute Gasteiger partial charge is 0.333 e. The minimum absolute atomic E-state index is 0.301. The molecule has 1 aromatic rings. The highest BCUT2D eigenvalue weighted by atomic mass is 16.5. The van der Waals surface area contributed by atoms with Gasteiger partial charge in [-0.2, -0.15) is 0 Å². The fourth-order valence-electron chi connectivity index (χ4n) is 1.34. The van der Waals surface area contributed by atoms with Crippen LogP contribution in [0, 0.1) is 0 Å². The molecular weight excluding hydrogens is 196 g/mol. The van der Waals surface area contributed by atoms with E-state index in [1.165, 1.54) is 7.11 Å². The second kappa shape index (κ2) is 5.36. The summed E-state index contributed by atoms with van der Waals surface area (Å²) in [5, 5.41) is 8.83. The molecule has 0 radical (unpaired) electrons. The number of para-hydroxylation sites is 1. The first-order chi connectivity index (χ1) is 7.19. The van der Waals surface area contributed by atoms with Crippen molar-refractivity contribution in [1.82, 2.24) is 0 Å². The Hall–Kier alpha value is -1.55. The van der Waals surface area contributed by atoms with Crippen molar-refractivity contribution in [2.75, 3.05) is 14.2 Å². The summed E-state index contributed by atoms with van der Waals surface area (Å²) in [4.78, 5) is 10.8. The maximum atomic E-state index is 10.8. The normalized spacial score (nSPS) is 12.1. The Kier molecular flexibility index (Phi) is 4.12. The summed E-state index contributed by atoms with van der Waals surface area (Å²) in [6.45, 7) is 0. The number of carboxylic acid groups (broad SMARTS) is 1. The third-order valence-electron chi connectivity index (χ3n) is 2.16. The van der Waals surface area contributed by atoms with E-state index in [4.69, 9.17) is 14.6 Å². The molecule has 0 fully saturated rings. The molecule has 0 saturated carbocycles. The second-order valence-electron chi connectivity index (χ2n) is 3.08. The molecule has 15 heavy (non-hydrogen) atoms. The molecule has 1 unspecified atom stereocenters. The Labute approximate surface area is 88.4 Å². The third-order valence-corrected chi connectivity index (χ3v) is 2.16. The van der Waals surface area contributed by atoms with Crippen LogP contribution in [0.15, 0.2) is 24.3 Å². The van der Waals surface area contributed by atoms with E-state index in [1.807, 2.05) is 18.2 Å². The Morgan fingerprint density at radius 2 is 2.07 bits per heavy atom. The molecule has 4 nitrogen and oxygen atoms in total. The second-order valence-corrected chi connectivity index (χ2v) is 3.08. The van der Waals surface area contributed by atoms with Crippen molar-refractivity contribution < 1.29 is 19.4 Å². The predicted octanol–water partition coefficient (Wildman–Crippen LogP) is 1.34. The van der Waals surface area contributed by atoms with E-state index >= 15 is 0 Å². The van der Waals surface area contributed by atoms with Crippen LogP contribution >= 0.6 is 0 Å². The van der Waals surface area contributed by atoms with Crippen LogP contribution in [0.1, 0.15) is 5.56 Å². The number of hydrogen-bond acceptors (Lipinski definition) is 3. The molecule has 0 bridgehead atoms. The Bertz CT molecular complexity index is 335. The van der Waals surface area contributed by atoms with Gasteiger partial charge in [-0.05, 0) is 11.6 Å². The van der Waals surface area contributed by atoms with Crippen molar-refractivity contribution in [2.24, 2.45) is 0 Å². The van der Waals surface area contributed by atoms with Crippen LogP contribution in [0.25, 0.3) is 0 Å². The van der Waals surface area contributed by atoms with Gasteiger partial charge in [-0.15, -0.1) is 0 Å². The number of aliphatic carboxylic acids is 1. The van der Waals surface area contributed by atoms with Crippen molar-refractivity contribution in [2.45, 2.75) is 12.5 Å². The van der Waals surface area contributed by atoms with Crippen LogP contribution in [-0.4, -0.2) is 31.4 Å². The Balaban J connectivity index is 2.82. The van der Waals surface area contributed by atoms with E-state index < -0.39 is 12.1 Å². The molecule has 0 aliphatic carbocycles. The van der Waals surface area contributed by atoms with Gasteiger partial charge >= 0.3 is 5.97 Å². The fourth-order valence-corrected chi connectivity index (χ4v) is 1.34. The van der Waals surface area contributed by atoms with Crippen LogP contribution in [0.4, 0.5) is 0 Å². The Morgan fingerprint density at radius 1 is 1.40 bits per heavy atom. The van der Waals surface area contributed by atoms with Crippen LogP contribution in [0.5, 0.6) is 5.75 Å². The van der Waals surface area contributed by atoms with Crippen molar-refractivity contribution in [3.05, 3.63) is 29.8 Å². The number of carbonyl (C=O) groups is 1. The third kappa shape index (κ3) is 2.95. The van der Waals surface area contributed by atoms with Crippen LogP contribution in [0.3, 0.4) is 0 Å². The molecule has 1 rings (SSSR count). The van der Waals surface area contributed by atoms with Gasteiger partial charge in [-0.25, -0.2) is 4.79 Å². The Morgan fingerprint density at radius 3 is 2.60 bits per heavy atom. The highest BCUT2D eigenvalue weighted by Crippen LogP contribution is 2.19. The van der Waals surface area contributed by atoms with E-state index in [0.29, 0.717) is 12.2 Å². The summed E-state index contributed by atoms with van der Waals surface area (Å²) in [5.41, 5.74) is 0.828. The molecule has 0 heterocycles. The van der Waals surface area contributed by atoms with Gasteiger partial charge in [0, 0.05) is 13.5 Å². The van der Waals surface area contributed by atoms with Gasteiger partial charge in [0.05, 0.1) is 7.11 Å². The van der Waals surface area contributed by atoms with E-state index in [9.17, 15) is 4.79 Å². The molecule has 1 aromatic carbocycles. The van der Waals surface area contributed by atoms with Crippen molar-refractivity contribution in [1.29, 1.82) is 0 Å². The fraction of sp³-hybridized carbons (Fsp3) is 0.364. The topological polar surface area (TPSA) is 55.8 Å². The van der Waals surface area contributed by atoms with Crippen molar-refractivity contribution in [3.8, 4) is 5.75 Å². The highest BCUT2D eigenvalue weighted by Gasteiger charge is 2.18. The zero-order valence-corrected chi connectivity index (χ0v) is 8.77. The molecular formula is C11H14O4. The summed E-state index contributed by atoms with van der Waals surface area (Å²) in [5.74, 6) is -0.288. The highest BCUT2D eigenvalue weighted by molar-refractivity contribution is 5.72. The van der Waals surface area contributed by atoms with Crippen LogP contribution in [-0.2, 0) is 16.0 Å². The number of benzene rings is 1. The summed E-state index contributed by atoms with van der Waals surface area (Å²) in [6.07, 6.45) is -0.531. The SMILES string of the molecule is COc1ccccc1CC(OC)C(=O)O. The maximum absolute atomic E-state index is 10.8. The summed E-state index contributed by atoms with van der Waals surface area (Å²) >= 11 is 0. The van der Waals surface area contributed by atoms with Gasteiger partial charge in [0.25, 0.3) is 0 Å². The first-order valence-corrected chi connectivity index (χ1v) is 4.56. The van der Waals surface area contributed by atoms with Crippen LogP contribution < -0.4 is 4.74 Å². The van der Waals surface area contributed by atoms with E-state index in [1.54, 1.807) is 13.2 Å². The zero-order valence-electron chi connectivity index (χ0n) is 8.77. The summed E-state index contributed by atoms with van der Waals surface area (Å²) in [7, 11) is 2.94. The summed E-state index contributed by atoms with van der Waals surface area (Å²) in [6, 6.07) is 7.30. The standard InChI is InChI=1S/C11H14O4/c1-14-9-6-4-3-5-8(9)7-10(15-2)11(12)13/h3-6,10H,7H2,1-2H3,(H,12,13). The van der Waals surface area contributed by atoms with E-state index in [0.717, 1.165) is 5.56 Å². The molecule has 0 aromatic heterocycles. The number of methoxy groups -OCH3 is 2. The molecule has 0 aliphatic rings. The first kappa shape index (κ1) is 11.5. The lowest BCUT2D eigenvalue weighted by molar-refractivity contribution is -0.148. The molecule has 0 spiro atoms. The van der Waals surface area contributed by atoms with Gasteiger partial charge in [-0.3, -0.25) is 0 Å². The van der Waals surface area contributed by atoms with Gasteiger partial charge < -0.3 is 14.6 Å². The van der Waals surface area contributed by atoms with Gasteiger partial charge in [0.1, 0.15) is 5.75 Å². The quantitative estimate of drug-likeness (QED) is 0.796. The molecule has 4 heteroatoms. The molecule has 82 valence electrons. The lowest BCUT2D eigenvalue weighted by atomic mass is 10.1. The monoisotopic (exact) mass is 210 g/mol. The average Bonchev–Trinajstić information content (AvgIpc) is 2.25.